The van der Waals surface area contributed by atoms with Crippen molar-refractivity contribution in [1.82, 2.24) is 14.9 Å². The second-order valence-electron chi connectivity index (χ2n) is 9.33. The van der Waals surface area contributed by atoms with E-state index < -0.39 is 0 Å². The van der Waals surface area contributed by atoms with Gasteiger partial charge in [0.1, 0.15) is 5.75 Å². The Morgan fingerprint density at radius 2 is 1.59 bits per heavy atom. The molecule has 3 aromatic carbocycles. The van der Waals surface area contributed by atoms with Crippen molar-refractivity contribution in [3.63, 3.8) is 0 Å². The van der Waals surface area contributed by atoms with Gasteiger partial charge in [-0.2, -0.15) is 0 Å². The molecular formula is C31H28N4OS. The Balaban J connectivity index is 1.57. The highest BCUT2D eigenvalue weighted by Gasteiger charge is 2.43. The minimum Gasteiger partial charge on any atom is -0.495 e. The van der Waals surface area contributed by atoms with Crippen LogP contribution in [0, 0.1) is 13.8 Å². The van der Waals surface area contributed by atoms with Gasteiger partial charge in [-0.3, -0.25) is 4.98 Å². The monoisotopic (exact) mass is 504 g/mol. The van der Waals surface area contributed by atoms with Crippen molar-refractivity contribution < 1.29 is 4.74 Å². The van der Waals surface area contributed by atoms with E-state index in [4.69, 9.17) is 21.9 Å². The highest BCUT2D eigenvalue weighted by Crippen LogP contribution is 2.46. The standard InChI is InChI=1S/C31H28N4OS/c1-20-19-24(21(2)34(20)26-16-10-12-22-11-4-5-13-23(22)26)30-29(25-14-8-9-18-32-25)33-31(37)35(30)27-15-6-7-17-28(27)36-3/h4-19,29-30H,1-3H3,(H,33,37)/t29-,30+/m1/s1. The van der Waals surface area contributed by atoms with Gasteiger partial charge in [0.15, 0.2) is 5.11 Å². The number of nitrogens with zero attached hydrogens (tertiary/aromatic N) is 3. The van der Waals surface area contributed by atoms with Crippen LogP contribution in [0.5, 0.6) is 5.75 Å². The van der Waals surface area contributed by atoms with Crippen molar-refractivity contribution in [2.45, 2.75) is 25.9 Å². The van der Waals surface area contributed by atoms with Crippen molar-refractivity contribution in [3.05, 3.63) is 120 Å². The summed E-state index contributed by atoms with van der Waals surface area (Å²) in [6, 6.07) is 31.1. The molecule has 1 aliphatic rings. The van der Waals surface area contributed by atoms with Crippen molar-refractivity contribution >= 4 is 33.8 Å². The number of para-hydroxylation sites is 2. The number of rotatable bonds is 5. The van der Waals surface area contributed by atoms with Crippen LogP contribution in [0.4, 0.5) is 5.69 Å². The summed E-state index contributed by atoms with van der Waals surface area (Å²) in [5, 5.41) is 6.67. The molecular weight excluding hydrogens is 476 g/mol. The number of aromatic nitrogens is 2. The molecule has 1 N–H and O–H groups in total. The molecule has 0 amide bonds. The van der Waals surface area contributed by atoms with Crippen LogP contribution in [-0.4, -0.2) is 21.8 Å². The van der Waals surface area contributed by atoms with Crippen LogP contribution in [-0.2, 0) is 0 Å². The second kappa shape index (κ2) is 9.37. The summed E-state index contributed by atoms with van der Waals surface area (Å²) in [6.07, 6.45) is 1.84. The van der Waals surface area contributed by atoms with Crippen molar-refractivity contribution in [1.29, 1.82) is 0 Å². The van der Waals surface area contributed by atoms with Gasteiger partial charge in [-0.15, -0.1) is 0 Å². The molecule has 1 saturated heterocycles. The first-order valence-corrected chi connectivity index (χ1v) is 12.8. The van der Waals surface area contributed by atoms with E-state index in [9.17, 15) is 0 Å². The highest BCUT2D eigenvalue weighted by molar-refractivity contribution is 7.80. The molecule has 0 aliphatic carbocycles. The van der Waals surface area contributed by atoms with Crippen LogP contribution in [0.15, 0.2) is 97.2 Å². The lowest BCUT2D eigenvalue weighted by Gasteiger charge is -2.29. The normalized spacial score (nSPS) is 17.3. The lowest BCUT2D eigenvalue weighted by molar-refractivity contribution is 0.414. The third-order valence-corrected chi connectivity index (χ3v) is 7.55. The molecule has 37 heavy (non-hydrogen) atoms. The molecule has 0 spiro atoms. The number of anilines is 1. The molecule has 184 valence electrons. The van der Waals surface area contributed by atoms with Crippen LogP contribution >= 0.6 is 12.2 Å². The van der Waals surface area contributed by atoms with Crippen molar-refractivity contribution in [3.8, 4) is 11.4 Å². The third kappa shape index (κ3) is 3.85. The highest BCUT2D eigenvalue weighted by atomic mass is 32.1. The SMILES string of the molecule is COc1ccccc1N1C(=S)N[C@H](c2ccccn2)[C@@H]1c1cc(C)n(-c2cccc3ccccc23)c1C. The first kappa shape index (κ1) is 23.3. The summed E-state index contributed by atoms with van der Waals surface area (Å²) >= 11 is 5.95. The number of nitrogens with one attached hydrogen (secondary N) is 1. The van der Waals surface area contributed by atoms with Gasteiger partial charge in [-0.25, -0.2) is 0 Å². The largest absolute Gasteiger partial charge is 0.495 e. The maximum Gasteiger partial charge on any atom is 0.174 e. The number of pyridine rings is 1. The van der Waals surface area contributed by atoms with Crippen LogP contribution in [0.2, 0.25) is 0 Å². The number of aryl methyl sites for hydroxylation is 1. The minimum absolute atomic E-state index is 0.117. The van der Waals surface area contributed by atoms with E-state index in [2.05, 4.69) is 89.3 Å². The summed E-state index contributed by atoms with van der Waals surface area (Å²) in [6.45, 7) is 4.36. The van der Waals surface area contributed by atoms with Crippen molar-refractivity contribution in [2.24, 2.45) is 0 Å². The first-order valence-electron chi connectivity index (χ1n) is 12.4. The lowest BCUT2D eigenvalue weighted by atomic mass is 9.96. The van der Waals surface area contributed by atoms with Crippen LogP contribution in [0.25, 0.3) is 16.5 Å². The van der Waals surface area contributed by atoms with Gasteiger partial charge in [0.25, 0.3) is 0 Å². The predicted octanol–water partition coefficient (Wildman–Crippen LogP) is 6.83. The fraction of sp³-hybridized carbons (Fsp3) is 0.161. The minimum atomic E-state index is -0.125. The average Bonchev–Trinajstić information content (AvgIpc) is 3.43. The van der Waals surface area contributed by atoms with Crippen molar-refractivity contribution in [2.75, 3.05) is 12.0 Å². The van der Waals surface area contributed by atoms with Crippen LogP contribution in [0.3, 0.4) is 0 Å². The number of fused-ring (bicyclic) bond motifs is 1. The predicted molar refractivity (Wildman–Crippen MR) is 154 cm³/mol. The van der Waals surface area contributed by atoms with E-state index in [1.165, 1.54) is 33.4 Å². The number of thiocarbonyl (C=S) groups is 1. The number of ether oxygens (including phenoxy) is 1. The maximum absolute atomic E-state index is 5.95. The van der Waals surface area contributed by atoms with Gasteiger partial charge in [0.2, 0.25) is 0 Å². The summed E-state index contributed by atoms with van der Waals surface area (Å²) in [4.78, 5) is 6.90. The fourth-order valence-electron chi connectivity index (χ4n) is 5.62. The molecule has 2 atom stereocenters. The zero-order valence-corrected chi connectivity index (χ0v) is 21.9. The topological polar surface area (TPSA) is 42.3 Å². The average molecular weight is 505 g/mol. The first-order chi connectivity index (χ1) is 18.1. The molecule has 1 aliphatic heterocycles. The van der Waals surface area contributed by atoms with E-state index in [-0.39, 0.29) is 12.1 Å². The molecule has 0 unspecified atom stereocenters. The lowest BCUT2D eigenvalue weighted by Crippen LogP contribution is -2.30. The molecule has 0 saturated carbocycles. The number of methoxy groups -OCH3 is 1. The Labute approximate surface area is 222 Å². The summed E-state index contributed by atoms with van der Waals surface area (Å²) in [5.41, 5.74) is 6.58. The Morgan fingerprint density at radius 1 is 0.865 bits per heavy atom. The van der Waals surface area contributed by atoms with Gasteiger partial charge >= 0.3 is 0 Å². The van der Waals surface area contributed by atoms with Gasteiger partial charge in [-0.1, -0.05) is 54.6 Å². The summed E-state index contributed by atoms with van der Waals surface area (Å²) in [7, 11) is 1.70. The molecule has 1 fully saturated rings. The van der Waals surface area contributed by atoms with Crippen LogP contribution in [0.1, 0.15) is 34.7 Å². The van der Waals surface area contributed by atoms with Gasteiger partial charge < -0.3 is 19.5 Å². The Hall–Kier alpha value is -4.16. The molecule has 3 heterocycles. The molecule has 6 rings (SSSR count). The van der Waals surface area contributed by atoms with Gasteiger partial charge in [-0.05, 0) is 73.4 Å². The molecule has 5 nitrogen and oxygen atoms in total. The smallest absolute Gasteiger partial charge is 0.174 e. The molecule has 5 aromatic rings. The zero-order chi connectivity index (χ0) is 25.5. The summed E-state index contributed by atoms with van der Waals surface area (Å²) in [5.74, 6) is 0.779. The molecule has 0 bridgehead atoms. The van der Waals surface area contributed by atoms with Crippen LogP contribution < -0.4 is 15.0 Å². The number of benzene rings is 3. The van der Waals surface area contributed by atoms with E-state index >= 15 is 0 Å². The fourth-order valence-corrected chi connectivity index (χ4v) is 5.96. The molecule has 2 aromatic heterocycles. The number of hydrogen-bond donors (Lipinski definition) is 1. The Morgan fingerprint density at radius 3 is 2.41 bits per heavy atom. The molecule has 0 radical (unpaired) electrons. The zero-order valence-electron chi connectivity index (χ0n) is 21.1. The Bertz CT molecular complexity index is 1610. The maximum atomic E-state index is 5.95. The summed E-state index contributed by atoms with van der Waals surface area (Å²) < 4.78 is 8.11. The molecule has 6 heteroatoms. The van der Waals surface area contributed by atoms with E-state index in [1.807, 2.05) is 36.5 Å². The quantitative estimate of drug-likeness (QED) is 0.266. The van der Waals surface area contributed by atoms with Gasteiger partial charge in [0.05, 0.1) is 36.3 Å². The number of hydrogen-bond acceptors (Lipinski definition) is 3. The second-order valence-corrected chi connectivity index (χ2v) is 9.72. The van der Waals surface area contributed by atoms with E-state index in [0.717, 1.165) is 17.1 Å². The van der Waals surface area contributed by atoms with E-state index in [1.54, 1.807) is 7.11 Å². The van der Waals surface area contributed by atoms with E-state index in [0.29, 0.717) is 5.11 Å². The Kier molecular flexibility index (Phi) is 5.89. The van der Waals surface area contributed by atoms with Gasteiger partial charge in [0, 0.05) is 23.0 Å². The third-order valence-electron chi connectivity index (χ3n) is 7.24.